The molecule has 1 saturated heterocycles. The minimum absolute atomic E-state index is 0.0446. The van der Waals surface area contributed by atoms with Gasteiger partial charge in [-0.1, -0.05) is 24.3 Å². The highest BCUT2D eigenvalue weighted by Crippen LogP contribution is 2.16. The molecule has 4 nitrogen and oxygen atoms in total. The van der Waals surface area contributed by atoms with Gasteiger partial charge in [-0.2, -0.15) is 0 Å². The van der Waals surface area contributed by atoms with Crippen molar-refractivity contribution >= 4 is 16.9 Å². The Hall–Kier alpha value is -2.10. The molecular weight excluding hydrogens is 226 g/mol. The number of nitrogens with one attached hydrogen (secondary N) is 1. The summed E-state index contributed by atoms with van der Waals surface area (Å²) in [5, 5.41) is 3.97. The second-order valence-electron chi connectivity index (χ2n) is 4.46. The van der Waals surface area contributed by atoms with E-state index in [9.17, 15) is 4.79 Å². The predicted octanol–water partition coefficient (Wildman–Crippen LogP) is 1.80. The van der Waals surface area contributed by atoms with Gasteiger partial charge in [-0.3, -0.25) is 4.98 Å². The molecule has 2 amide bonds. The lowest BCUT2D eigenvalue weighted by Gasteiger charge is -2.14. The summed E-state index contributed by atoms with van der Waals surface area (Å²) in [6.45, 7) is 2.31. The van der Waals surface area contributed by atoms with E-state index in [1.165, 1.54) is 5.56 Å². The largest absolute Gasteiger partial charge is 0.336 e. The van der Waals surface area contributed by atoms with Crippen molar-refractivity contribution in [2.75, 3.05) is 19.6 Å². The predicted molar refractivity (Wildman–Crippen MR) is 70.4 cm³/mol. The monoisotopic (exact) mass is 241 g/mol. The summed E-state index contributed by atoms with van der Waals surface area (Å²) in [6, 6.07) is 10.2. The fourth-order valence-corrected chi connectivity index (χ4v) is 2.35. The average molecular weight is 241 g/mol. The molecule has 0 bridgehead atoms. The number of rotatable bonds is 3. The molecule has 3 rings (SSSR count). The molecule has 0 aliphatic carbocycles. The zero-order valence-corrected chi connectivity index (χ0v) is 10.1. The van der Waals surface area contributed by atoms with Crippen LogP contribution in [0.3, 0.4) is 0 Å². The Morgan fingerprint density at radius 3 is 3.00 bits per heavy atom. The molecule has 0 spiro atoms. The van der Waals surface area contributed by atoms with Gasteiger partial charge in [-0.25, -0.2) is 4.79 Å². The molecule has 4 heteroatoms. The highest BCUT2D eigenvalue weighted by molar-refractivity contribution is 5.81. The Balaban J connectivity index is 1.80. The Bertz CT molecular complexity index is 577. The first kappa shape index (κ1) is 11.0. The molecule has 0 atom stereocenters. The van der Waals surface area contributed by atoms with Crippen LogP contribution in [-0.4, -0.2) is 35.5 Å². The lowest BCUT2D eigenvalue weighted by molar-refractivity contribution is 0.218. The molecule has 1 aromatic heterocycles. The van der Waals surface area contributed by atoms with Crippen LogP contribution in [0.25, 0.3) is 10.9 Å². The SMILES string of the molecule is O=C1NCCN1CCc1cccc2cccnc12. The maximum Gasteiger partial charge on any atom is 0.317 e. The maximum absolute atomic E-state index is 11.5. The van der Waals surface area contributed by atoms with Gasteiger partial charge >= 0.3 is 6.03 Å². The van der Waals surface area contributed by atoms with Crippen LogP contribution in [0, 0.1) is 0 Å². The fraction of sp³-hybridized carbons (Fsp3) is 0.286. The van der Waals surface area contributed by atoms with Crippen molar-refractivity contribution in [2.45, 2.75) is 6.42 Å². The number of nitrogens with zero attached hydrogens (tertiary/aromatic N) is 2. The Kier molecular flexibility index (Phi) is 2.84. The summed E-state index contributed by atoms with van der Waals surface area (Å²) >= 11 is 0. The second kappa shape index (κ2) is 4.64. The third-order valence-electron chi connectivity index (χ3n) is 3.31. The highest BCUT2D eigenvalue weighted by atomic mass is 16.2. The van der Waals surface area contributed by atoms with Crippen molar-refractivity contribution < 1.29 is 4.79 Å². The number of pyridine rings is 1. The molecule has 0 unspecified atom stereocenters. The average Bonchev–Trinajstić information content (AvgIpc) is 2.82. The molecule has 1 aromatic carbocycles. The zero-order valence-electron chi connectivity index (χ0n) is 10.1. The Morgan fingerprint density at radius 2 is 2.17 bits per heavy atom. The van der Waals surface area contributed by atoms with Crippen LogP contribution in [0.15, 0.2) is 36.5 Å². The molecule has 1 aliphatic rings. The van der Waals surface area contributed by atoms with Crippen molar-refractivity contribution in [1.29, 1.82) is 0 Å². The molecular formula is C14H15N3O. The van der Waals surface area contributed by atoms with E-state index in [4.69, 9.17) is 0 Å². The number of hydrogen-bond donors (Lipinski definition) is 1. The van der Waals surface area contributed by atoms with Crippen molar-refractivity contribution in [1.82, 2.24) is 15.2 Å². The molecule has 18 heavy (non-hydrogen) atoms. The molecule has 92 valence electrons. The Labute approximate surface area is 106 Å². The zero-order chi connectivity index (χ0) is 12.4. The normalized spacial score (nSPS) is 15.1. The van der Waals surface area contributed by atoms with E-state index in [1.807, 2.05) is 23.2 Å². The van der Waals surface area contributed by atoms with Crippen LogP contribution < -0.4 is 5.32 Å². The van der Waals surface area contributed by atoms with Crippen molar-refractivity contribution in [3.05, 3.63) is 42.1 Å². The van der Waals surface area contributed by atoms with E-state index >= 15 is 0 Å². The third kappa shape index (κ3) is 2.01. The minimum atomic E-state index is 0.0446. The van der Waals surface area contributed by atoms with Crippen LogP contribution >= 0.6 is 0 Å². The van der Waals surface area contributed by atoms with Gasteiger partial charge in [0.05, 0.1) is 5.52 Å². The molecule has 1 N–H and O–H groups in total. The van der Waals surface area contributed by atoms with Crippen molar-refractivity contribution in [2.24, 2.45) is 0 Å². The van der Waals surface area contributed by atoms with Gasteiger partial charge in [0, 0.05) is 31.2 Å². The summed E-state index contributed by atoms with van der Waals surface area (Å²) in [7, 11) is 0. The van der Waals surface area contributed by atoms with Gasteiger partial charge in [-0.15, -0.1) is 0 Å². The topological polar surface area (TPSA) is 45.2 Å². The summed E-state index contributed by atoms with van der Waals surface area (Å²) in [5.74, 6) is 0. The third-order valence-corrected chi connectivity index (χ3v) is 3.31. The van der Waals surface area contributed by atoms with Crippen molar-refractivity contribution in [3.8, 4) is 0 Å². The first-order valence-corrected chi connectivity index (χ1v) is 6.20. The molecule has 0 saturated carbocycles. The lowest BCUT2D eigenvalue weighted by atomic mass is 10.1. The summed E-state index contributed by atoms with van der Waals surface area (Å²) < 4.78 is 0. The van der Waals surface area contributed by atoms with Gasteiger partial charge in [0.25, 0.3) is 0 Å². The lowest BCUT2D eigenvalue weighted by Crippen LogP contribution is -2.30. The smallest absolute Gasteiger partial charge is 0.317 e. The van der Waals surface area contributed by atoms with E-state index in [0.29, 0.717) is 0 Å². The first-order valence-electron chi connectivity index (χ1n) is 6.20. The maximum atomic E-state index is 11.5. The quantitative estimate of drug-likeness (QED) is 0.890. The van der Waals surface area contributed by atoms with Gasteiger partial charge in [0.2, 0.25) is 0 Å². The van der Waals surface area contributed by atoms with E-state index < -0.39 is 0 Å². The van der Waals surface area contributed by atoms with Gasteiger partial charge in [-0.05, 0) is 18.1 Å². The standard InChI is InChI=1S/C14H15N3O/c18-14-16-8-10-17(14)9-6-12-4-1-3-11-5-2-7-15-13(11)12/h1-5,7H,6,8-10H2,(H,16,18). The number of urea groups is 1. The number of amides is 2. The van der Waals surface area contributed by atoms with Gasteiger partial charge < -0.3 is 10.2 Å². The summed E-state index contributed by atoms with van der Waals surface area (Å²) in [4.78, 5) is 17.7. The van der Waals surface area contributed by atoms with Crippen molar-refractivity contribution in [3.63, 3.8) is 0 Å². The van der Waals surface area contributed by atoms with Crippen LogP contribution in [-0.2, 0) is 6.42 Å². The molecule has 2 aromatic rings. The highest BCUT2D eigenvalue weighted by Gasteiger charge is 2.18. The molecule has 2 heterocycles. The fourth-order valence-electron chi connectivity index (χ4n) is 2.35. The summed E-state index contributed by atoms with van der Waals surface area (Å²) in [5.41, 5.74) is 2.24. The Morgan fingerprint density at radius 1 is 1.28 bits per heavy atom. The van der Waals surface area contributed by atoms with Crippen LogP contribution in [0.4, 0.5) is 4.79 Å². The number of carbonyl (C=O) groups excluding carboxylic acids is 1. The number of aromatic nitrogens is 1. The van der Waals surface area contributed by atoms with E-state index in [2.05, 4.69) is 28.5 Å². The number of fused-ring (bicyclic) bond motifs is 1. The van der Waals surface area contributed by atoms with E-state index in [1.54, 1.807) is 0 Å². The molecule has 1 fully saturated rings. The van der Waals surface area contributed by atoms with Crippen LogP contribution in [0.2, 0.25) is 0 Å². The number of para-hydroxylation sites is 1. The first-order chi connectivity index (χ1) is 8.84. The summed E-state index contributed by atoms with van der Waals surface area (Å²) in [6.07, 6.45) is 2.66. The second-order valence-corrected chi connectivity index (χ2v) is 4.46. The van der Waals surface area contributed by atoms with E-state index in [0.717, 1.165) is 37.0 Å². The van der Waals surface area contributed by atoms with Crippen LogP contribution in [0.5, 0.6) is 0 Å². The number of benzene rings is 1. The molecule has 1 aliphatic heterocycles. The van der Waals surface area contributed by atoms with Crippen LogP contribution in [0.1, 0.15) is 5.56 Å². The number of carbonyl (C=O) groups is 1. The van der Waals surface area contributed by atoms with Gasteiger partial charge in [0.15, 0.2) is 0 Å². The molecule has 0 radical (unpaired) electrons. The van der Waals surface area contributed by atoms with Gasteiger partial charge in [0.1, 0.15) is 0 Å². The van der Waals surface area contributed by atoms with E-state index in [-0.39, 0.29) is 6.03 Å². The number of hydrogen-bond acceptors (Lipinski definition) is 2. The minimum Gasteiger partial charge on any atom is -0.336 e.